The van der Waals surface area contributed by atoms with E-state index in [-0.39, 0.29) is 11.1 Å². The second-order valence-electron chi connectivity index (χ2n) is 7.21. The number of pyridine rings is 1. The highest BCUT2D eigenvalue weighted by atomic mass is 19.4. The molecule has 3 aromatic rings. The molecule has 0 bridgehead atoms. The summed E-state index contributed by atoms with van der Waals surface area (Å²) in [6.45, 7) is 2.86. The van der Waals surface area contributed by atoms with E-state index in [9.17, 15) is 27.5 Å². The van der Waals surface area contributed by atoms with E-state index < -0.39 is 35.5 Å². The zero-order valence-corrected chi connectivity index (χ0v) is 16.0. The molecule has 0 saturated carbocycles. The number of rotatable bonds is 5. The van der Waals surface area contributed by atoms with Gasteiger partial charge in [-0.15, -0.1) is 13.2 Å². The molecular formula is C21H18F4N2O3. The molecule has 1 heterocycles. The van der Waals surface area contributed by atoms with Crippen LogP contribution in [0.5, 0.6) is 5.75 Å². The van der Waals surface area contributed by atoms with Crippen LogP contribution in [0.2, 0.25) is 0 Å². The molecule has 0 aliphatic rings. The van der Waals surface area contributed by atoms with Gasteiger partial charge >= 0.3 is 6.36 Å². The van der Waals surface area contributed by atoms with Crippen LogP contribution in [-0.2, 0) is 0 Å². The fraction of sp³-hybridized carbons (Fsp3) is 0.238. The minimum Gasteiger partial charge on any atom is -0.406 e. The molecule has 0 spiro atoms. The molecule has 0 aliphatic heterocycles. The molecule has 0 aliphatic carbocycles. The van der Waals surface area contributed by atoms with Crippen molar-refractivity contribution in [3.8, 4) is 5.75 Å². The topological polar surface area (TPSA) is 71.5 Å². The van der Waals surface area contributed by atoms with E-state index >= 15 is 0 Å². The summed E-state index contributed by atoms with van der Waals surface area (Å²) in [7, 11) is 0. The molecule has 2 N–H and O–H groups in total. The molecule has 0 saturated heterocycles. The molecule has 1 aromatic heterocycles. The van der Waals surface area contributed by atoms with Gasteiger partial charge in [-0.25, -0.2) is 4.39 Å². The molecule has 0 radical (unpaired) electrons. The Labute approximate surface area is 169 Å². The number of aliphatic hydroxyl groups is 1. The third-order valence-electron chi connectivity index (χ3n) is 4.34. The van der Waals surface area contributed by atoms with Gasteiger partial charge in [-0.2, -0.15) is 0 Å². The Morgan fingerprint density at radius 1 is 1.13 bits per heavy atom. The Hall–Kier alpha value is -3.20. The van der Waals surface area contributed by atoms with Gasteiger partial charge in [0.1, 0.15) is 11.6 Å². The van der Waals surface area contributed by atoms with E-state index in [1.165, 1.54) is 38.2 Å². The molecular weight excluding hydrogens is 404 g/mol. The Bertz CT molecular complexity index is 1060. The minimum atomic E-state index is -4.84. The number of alkyl halides is 3. The van der Waals surface area contributed by atoms with Crippen molar-refractivity contribution in [2.24, 2.45) is 0 Å². The van der Waals surface area contributed by atoms with E-state index in [0.29, 0.717) is 10.9 Å². The molecule has 1 amide bonds. The summed E-state index contributed by atoms with van der Waals surface area (Å²) in [5, 5.41) is 13.6. The van der Waals surface area contributed by atoms with Crippen molar-refractivity contribution in [3.63, 3.8) is 0 Å². The zero-order chi connectivity index (χ0) is 22.1. The highest BCUT2D eigenvalue weighted by Crippen LogP contribution is 2.30. The smallest absolute Gasteiger partial charge is 0.406 e. The van der Waals surface area contributed by atoms with Gasteiger partial charge in [-0.1, -0.05) is 18.2 Å². The molecule has 9 heteroatoms. The number of ether oxygens (including phenoxy) is 1. The third kappa shape index (κ3) is 5.04. The quantitative estimate of drug-likeness (QED) is 0.594. The van der Waals surface area contributed by atoms with E-state index in [1.807, 2.05) is 0 Å². The normalized spacial score (nSPS) is 13.2. The van der Waals surface area contributed by atoms with Crippen molar-refractivity contribution < 1.29 is 32.2 Å². The molecule has 1 unspecified atom stereocenters. The van der Waals surface area contributed by atoms with Crippen LogP contribution in [0, 0.1) is 5.82 Å². The lowest BCUT2D eigenvalue weighted by Crippen LogP contribution is -2.42. The van der Waals surface area contributed by atoms with Crippen LogP contribution in [-0.4, -0.2) is 28.0 Å². The first-order chi connectivity index (χ1) is 13.9. The summed E-state index contributed by atoms with van der Waals surface area (Å²) < 4.78 is 54.9. The number of nitrogens with one attached hydrogen (secondary N) is 1. The van der Waals surface area contributed by atoms with E-state index in [4.69, 9.17) is 0 Å². The van der Waals surface area contributed by atoms with E-state index in [1.54, 1.807) is 12.1 Å². The van der Waals surface area contributed by atoms with Crippen molar-refractivity contribution in [1.29, 1.82) is 0 Å². The van der Waals surface area contributed by atoms with Crippen molar-refractivity contribution >= 4 is 16.8 Å². The van der Waals surface area contributed by atoms with Gasteiger partial charge < -0.3 is 15.2 Å². The SMILES string of the molecule is CC(C)(O)C(NC(=O)c1cc(F)cc2cccnc12)c1ccc(OC(F)(F)F)cc1. The van der Waals surface area contributed by atoms with Crippen LogP contribution < -0.4 is 10.1 Å². The second-order valence-corrected chi connectivity index (χ2v) is 7.21. The van der Waals surface area contributed by atoms with Crippen molar-refractivity contribution in [2.45, 2.75) is 31.9 Å². The van der Waals surface area contributed by atoms with Crippen LogP contribution in [0.4, 0.5) is 17.6 Å². The summed E-state index contributed by atoms with van der Waals surface area (Å²) in [4.78, 5) is 17.0. The monoisotopic (exact) mass is 422 g/mol. The maximum Gasteiger partial charge on any atom is 0.573 e. The number of hydrogen-bond donors (Lipinski definition) is 2. The lowest BCUT2D eigenvalue weighted by Gasteiger charge is -2.31. The fourth-order valence-electron chi connectivity index (χ4n) is 3.07. The van der Waals surface area contributed by atoms with Gasteiger partial charge in [0.15, 0.2) is 0 Å². The lowest BCUT2D eigenvalue weighted by atomic mass is 9.91. The number of carbonyl (C=O) groups excluding carboxylic acids is 1. The molecule has 5 nitrogen and oxygen atoms in total. The van der Waals surface area contributed by atoms with Gasteiger partial charge in [-0.05, 0) is 49.7 Å². The molecule has 2 aromatic carbocycles. The number of halogens is 4. The third-order valence-corrected chi connectivity index (χ3v) is 4.34. The van der Waals surface area contributed by atoms with Gasteiger partial charge in [0.05, 0.1) is 22.7 Å². The first-order valence-electron chi connectivity index (χ1n) is 8.87. The maximum absolute atomic E-state index is 14.0. The fourth-order valence-corrected chi connectivity index (χ4v) is 3.07. The average molecular weight is 422 g/mol. The largest absolute Gasteiger partial charge is 0.573 e. The number of fused-ring (bicyclic) bond motifs is 1. The molecule has 3 rings (SSSR count). The van der Waals surface area contributed by atoms with Gasteiger partial charge in [0, 0.05) is 11.6 Å². The summed E-state index contributed by atoms with van der Waals surface area (Å²) in [5.41, 5.74) is -0.908. The Balaban J connectivity index is 1.92. The van der Waals surface area contributed by atoms with Gasteiger partial charge in [-0.3, -0.25) is 9.78 Å². The van der Waals surface area contributed by atoms with Gasteiger partial charge in [0.2, 0.25) is 0 Å². The van der Waals surface area contributed by atoms with Crippen LogP contribution in [0.1, 0.15) is 35.8 Å². The number of hydrogen-bond acceptors (Lipinski definition) is 4. The van der Waals surface area contributed by atoms with E-state index in [2.05, 4.69) is 15.0 Å². The number of nitrogens with zero attached hydrogens (tertiary/aromatic N) is 1. The molecule has 30 heavy (non-hydrogen) atoms. The summed E-state index contributed by atoms with van der Waals surface area (Å²) >= 11 is 0. The van der Waals surface area contributed by atoms with Crippen LogP contribution in [0.25, 0.3) is 10.9 Å². The van der Waals surface area contributed by atoms with Crippen LogP contribution >= 0.6 is 0 Å². The Kier molecular flexibility index (Phi) is 5.67. The zero-order valence-electron chi connectivity index (χ0n) is 16.0. The highest BCUT2D eigenvalue weighted by Gasteiger charge is 2.33. The average Bonchev–Trinajstić information content (AvgIpc) is 2.64. The van der Waals surface area contributed by atoms with Gasteiger partial charge in [0.25, 0.3) is 5.91 Å². The summed E-state index contributed by atoms with van der Waals surface area (Å²) in [5.74, 6) is -1.76. The lowest BCUT2D eigenvalue weighted by molar-refractivity contribution is -0.274. The molecule has 1 atom stereocenters. The van der Waals surface area contributed by atoms with E-state index in [0.717, 1.165) is 18.2 Å². The molecule has 158 valence electrons. The molecule has 0 fully saturated rings. The van der Waals surface area contributed by atoms with Crippen molar-refractivity contribution in [1.82, 2.24) is 10.3 Å². The number of carbonyl (C=O) groups is 1. The maximum atomic E-state index is 14.0. The minimum absolute atomic E-state index is 0.0307. The predicted octanol–water partition coefficient (Wildman–Crippen LogP) is 4.51. The van der Waals surface area contributed by atoms with Crippen molar-refractivity contribution in [3.05, 3.63) is 71.7 Å². The highest BCUT2D eigenvalue weighted by molar-refractivity contribution is 6.05. The standard InChI is InChI=1S/C21H18F4N2O3/c1-20(2,29)18(12-5-7-15(8-6-12)30-21(23,24)25)27-19(28)16-11-14(22)10-13-4-3-9-26-17(13)16/h3-11,18,29H,1-2H3,(H,27,28). The Morgan fingerprint density at radius 3 is 2.40 bits per heavy atom. The first-order valence-corrected chi connectivity index (χ1v) is 8.87. The van der Waals surface area contributed by atoms with Crippen LogP contribution in [0.15, 0.2) is 54.7 Å². The predicted molar refractivity (Wildman–Crippen MR) is 101 cm³/mol. The first kappa shape index (κ1) is 21.5. The number of amides is 1. The number of aromatic nitrogens is 1. The van der Waals surface area contributed by atoms with Crippen molar-refractivity contribution in [2.75, 3.05) is 0 Å². The Morgan fingerprint density at radius 2 is 1.80 bits per heavy atom. The second kappa shape index (κ2) is 7.91. The van der Waals surface area contributed by atoms with Crippen LogP contribution in [0.3, 0.4) is 0 Å². The number of benzene rings is 2. The summed E-state index contributed by atoms with van der Waals surface area (Å²) in [6, 6.07) is 9.23. The summed E-state index contributed by atoms with van der Waals surface area (Å²) in [6.07, 6.45) is -3.37.